The molecule has 6 heteroatoms. The lowest BCUT2D eigenvalue weighted by atomic mass is 10.2. The first kappa shape index (κ1) is 16.6. The summed E-state index contributed by atoms with van der Waals surface area (Å²) in [5.41, 5.74) is 1.09. The maximum Gasteiger partial charge on any atom is 0.346 e. The molecule has 1 aromatic rings. The summed E-state index contributed by atoms with van der Waals surface area (Å²) in [5.74, 6) is 0. The summed E-state index contributed by atoms with van der Waals surface area (Å²) in [6.07, 6.45) is 0. The molecule has 19 heavy (non-hydrogen) atoms. The standard InChI is InChI=1S/C13H21O4PS/c1-5-16-18(14,17-6-2)12(4)19(15)13-9-7-11(3)8-10-13/h7-10,12H,5-6H2,1-4H3. The first-order valence-electron chi connectivity index (χ1n) is 6.30. The van der Waals surface area contributed by atoms with Crippen LogP contribution in [-0.2, 0) is 24.4 Å². The molecule has 0 radical (unpaired) electrons. The smallest absolute Gasteiger partial charge is 0.308 e. The molecule has 0 saturated carbocycles. The molecule has 0 heterocycles. The molecule has 0 aliphatic rings. The van der Waals surface area contributed by atoms with Gasteiger partial charge in [-0.2, -0.15) is 0 Å². The molecule has 0 bridgehead atoms. The fourth-order valence-electron chi connectivity index (χ4n) is 1.59. The van der Waals surface area contributed by atoms with Crippen LogP contribution >= 0.6 is 7.60 Å². The molecular formula is C13H21O4PS. The van der Waals surface area contributed by atoms with Crippen molar-refractivity contribution in [3.63, 3.8) is 0 Å². The number of hydrogen-bond acceptors (Lipinski definition) is 4. The molecule has 1 aromatic carbocycles. The molecule has 4 nitrogen and oxygen atoms in total. The van der Waals surface area contributed by atoms with Gasteiger partial charge in [0.25, 0.3) is 0 Å². The average molecular weight is 304 g/mol. The minimum Gasteiger partial charge on any atom is -0.308 e. The Morgan fingerprint density at radius 3 is 2.05 bits per heavy atom. The summed E-state index contributed by atoms with van der Waals surface area (Å²) in [5, 5.41) is 0. The fraction of sp³-hybridized carbons (Fsp3) is 0.538. The Morgan fingerprint density at radius 2 is 1.63 bits per heavy atom. The van der Waals surface area contributed by atoms with Crippen LogP contribution < -0.4 is 0 Å². The molecular weight excluding hydrogens is 283 g/mol. The molecule has 2 atom stereocenters. The van der Waals surface area contributed by atoms with E-state index in [0.717, 1.165) is 5.56 Å². The molecule has 0 N–H and O–H groups in total. The lowest BCUT2D eigenvalue weighted by Gasteiger charge is -2.22. The maximum absolute atomic E-state index is 12.6. The Hall–Kier alpha value is -0.480. The van der Waals surface area contributed by atoms with Gasteiger partial charge < -0.3 is 9.05 Å². The first-order valence-corrected chi connectivity index (χ1v) is 9.13. The highest BCUT2D eigenvalue weighted by molar-refractivity contribution is 7.93. The van der Waals surface area contributed by atoms with E-state index in [0.29, 0.717) is 4.90 Å². The number of benzene rings is 1. The highest BCUT2D eigenvalue weighted by Gasteiger charge is 2.36. The van der Waals surface area contributed by atoms with Gasteiger partial charge in [-0.3, -0.25) is 8.77 Å². The third-order valence-corrected chi connectivity index (χ3v) is 7.46. The van der Waals surface area contributed by atoms with E-state index < -0.39 is 23.4 Å². The second kappa shape index (κ2) is 7.34. The second-order valence-electron chi connectivity index (χ2n) is 4.09. The van der Waals surface area contributed by atoms with Gasteiger partial charge in [0.1, 0.15) is 4.99 Å². The van der Waals surface area contributed by atoms with Gasteiger partial charge in [0, 0.05) is 4.90 Å². The molecule has 0 amide bonds. The minimum atomic E-state index is -3.34. The highest BCUT2D eigenvalue weighted by atomic mass is 32.2. The monoisotopic (exact) mass is 304 g/mol. The summed E-state index contributed by atoms with van der Waals surface area (Å²) in [6, 6.07) is 7.33. The number of aryl methyl sites for hydroxylation is 1. The van der Waals surface area contributed by atoms with Gasteiger partial charge in [0.15, 0.2) is 0 Å². The second-order valence-corrected chi connectivity index (χ2v) is 8.58. The Balaban J connectivity index is 2.96. The van der Waals surface area contributed by atoms with Crippen molar-refractivity contribution in [3.8, 4) is 0 Å². The third kappa shape index (κ3) is 4.25. The van der Waals surface area contributed by atoms with Crippen molar-refractivity contribution in [2.24, 2.45) is 0 Å². The van der Waals surface area contributed by atoms with Gasteiger partial charge in [-0.15, -0.1) is 0 Å². The quantitative estimate of drug-likeness (QED) is 0.720. The predicted octanol–water partition coefficient (Wildman–Crippen LogP) is 3.71. The van der Waals surface area contributed by atoms with Gasteiger partial charge in [0.2, 0.25) is 0 Å². The van der Waals surface area contributed by atoms with Crippen molar-refractivity contribution in [1.82, 2.24) is 0 Å². The van der Waals surface area contributed by atoms with Gasteiger partial charge in [0.05, 0.1) is 24.0 Å². The van der Waals surface area contributed by atoms with E-state index >= 15 is 0 Å². The van der Waals surface area contributed by atoms with Crippen LogP contribution in [0, 0.1) is 6.92 Å². The SMILES string of the molecule is CCOP(=O)(OCC)C(C)S(=O)c1ccc(C)cc1. The molecule has 0 fully saturated rings. The fourth-order valence-corrected chi connectivity index (χ4v) is 5.27. The van der Waals surface area contributed by atoms with Crippen molar-refractivity contribution >= 4 is 18.4 Å². The van der Waals surface area contributed by atoms with Crippen LogP contribution in [0.3, 0.4) is 0 Å². The zero-order chi connectivity index (χ0) is 14.5. The minimum absolute atomic E-state index is 0.271. The van der Waals surface area contributed by atoms with Crippen molar-refractivity contribution in [1.29, 1.82) is 0 Å². The van der Waals surface area contributed by atoms with E-state index in [4.69, 9.17) is 9.05 Å². The molecule has 1 rings (SSSR count). The molecule has 108 valence electrons. The van der Waals surface area contributed by atoms with Crippen LogP contribution in [0.2, 0.25) is 0 Å². The lowest BCUT2D eigenvalue weighted by molar-refractivity contribution is 0.219. The highest BCUT2D eigenvalue weighted by Crippen LogP contribution is 2.54. The largest absolute Gasteiger partial charge is 0.346 e. The normalized spacial score (nSPS) is 15.2. The number of hydrogen-bond donors (Lipinski definition) is 0. The van der Waals surface area contributed by atoms with E-state index in [1.54, 1.807) is 32.9 Å². The van der Waals surface area contributed by atoms with Gasteiger partial charge in [-0.25, -0.2) is 0 Å². The van der Waals surface area contributed by atoms with Crippen LogP contribution in [0.15, 0.2) is 29.2 Å². The number of rotatable bonds is 7. The average Bonchev–Trinajstić information content (AvgIpc) is 2.38. The molecule has 0 saturated heterocycles. The van der Waals surface area contributed by atoms with Gasteiger partial charge >= 0.3 is 7.60 Å². The topological polar surface area (TPSA) is 52.6 Å². The predicted molar refractivity (Wildman–Crippen MR) is 77.9 cm³/mol. The van der Waals surface area contributed by atoms with E-state index in [2.05, 4.69) is 0 Å². The van der Waals surface area contributed by atoms with Crippen LogP contribution in [0.25, 0.3) is 0 Å². The molecule has 0 aliphatic carbocycles. The van der Waals surface area contributed by atoms with Crippen LogP contribution in [0.1, 0.15) is 26.3 Å². The van der Waals surface area contributed by atoms with Crippen molar-refractivity contribution in [2.45, 2.75) is 37.6 Å². The van der Waals surface area contributed by atoms with Crippen LogP contribution in [0.5, 0.6) is 0 Å². The zero-order valence-electron chi connectivity index (χ0n) is 11.8. The summed E-state index contributed by atoms with van der Waals surface area (Å²) in [6.45, 7) is 7.63. The van der Waals surface area contributed by atoms with Gasteiger partial charge in [-0.1, -0.05) is 17.7 Å². The Bertz CT molecular complexity index is 462. The summed E-state index contributed by atoms with van der Waals surface area (Å²) >= 11 is 0. The van der Waals surface area contributed by atoms with E-state index in [1.807, 2.05) is 19.1 Å². The summed E-state index contributed by atoms with van der Waals surface area (Å²) < 4.78 is 35.5. The molecule has 2 unspecified atom stereocenters. The van der Waals surface area contributed by atoms with E-state index in [-0.39, 0.29) is 13.2 Å². The van der Waals surface area contributed by atoms with Crippen molar-refractivity contribution < 1.29 is 17.8 Å². The van der Waals surface area contributed by atoms with Crippen LogP contribution in [-0.4, -0.2) is 22.4 Å². The maximum atomic E-state index is 12.6. The lowest BCUT2D eigenvalue weighted by Crippen LogP contribution is -2.15. The van der Waals surface area contributed by atoms with E-state index in [1.165, 1.54) is 0 Å². The van der Waals surface area contributed by atoms with Crippen molar-refractivity contribution in [2.75, 3.05) is 13.2 Å². The Labute approximate surface area is 117 Å². The molecule has 0 spiro atoms. The first-order chi connectivity index (χ1) is 8.94. The Morgan fingerprint density at radius 1 is 1.16 bits per heavy atom. The third-order valence-electron chi connectivity index (χ3n) is 2.63. The van der Waals surface area contributed by atoms with E-state index in [9.17, 15) is 8.77 Å². The molecule has 0 aromatic heterocycles. The van der Waals surface area contributed by atoms with Crippen LogP contribution in [0.4, 0.5) is 0 Å². The summed E-state index contributed by atoms with van der Waals surface area (Å²) in [7, 11) is -4.77. The summed E-state index contributed by atoms with van der Waals surface area (Å²) in [4.78, 5) is -0.0483. The zero-order valence-corrected chi connectivity index (χ0v) is 13.5. The van der Waals surface area contributed by atoms with Crippen molar-refractivity contribution in [3.05, 3.63) is 29.8 Å². The molecule has 0 aliphatic heterocycles. The Kier molecular flexibility index (Phi) is 6.40. The van der Waals surface area contributed by atoms with Gasteiger partial charge in [-0.05, 0) is 39.8 Å².